The highest BCUT2D eigenvalue weighted by molar-refractivity contribution is 6.34. The van der Waals surface area contributed by atoms with E-state index in [-0.39, 0.29) is 34.6 Å². The zero-order chi connectivity index (χ0) is 33.4. The van der Waals surface area contributed by atoms with Gasteiger partial charge in [0.15, 0.2) is 17.3 Å². The van der Waals surface area contributed by atoms with Crippen LogP contribution in [0.4, 0.5) is 39.9 Å². The minimum absolute atomic E-state index is 0.00880. The van der Waals surface area contributed by atoms with E-state index in [2.05, 4.69) is 10.2 Å². The van der Waals surface area contributed by atoms with Crippen LogP contribution in [0, 0.1) is 11.3 Å². The van der Waals surface area contributed by atoms with E-state index in [4.69, 9.17) is 21.1 Å². The molecule has 0 spiro atoms. The van der Waals surface area contributed by atoms with E-state index >= 15 is 4.39 Å². The molecule has 0 radical (unpaired) electrons. The molecule has 1 fully saturated rings. The largest absolute Gasteiger partial charge is 0.448 e. The molecule has 5 rings (SSSR count). The van der Waals surface area contributed by atoms with Gasteiger partial charge in [-0.05, 0) is 44.4 Å². The molecule has 0 N–H and O–H groups in total. The van der Waals surface area contributed by atoms with E-state index in [0.717, 1.165) is 19.3 Å². The minimum Gasteiger partial charge on any atom is -0.448 e. The third kappa shape index (κ3) is 4.84. The van der Waals surface area contributed by atoms with Crippen LogP contribution in [0.5, 0.6) is 5.75 Å². The number of aromatic nitrogens is 4. The molecule has 3 heterocycles. The molecular formula is C26H19ClF8N6O4. The van der Waals surface area contributed by atoms with Gasteiger partial charge < -0.3 is 9.47 Å². The predicted octanol–water partition coefficient (Wildman–Crippen LogP) is 6.62. The molecule has 2 amide bonds. The van der Waals surface area contributed by atoms with Crippen molar-refractivity contribution in [1.82, 2.24) is 24.5 Å². The van der Waals surface area contributed by atoms with Crippen molar-refractivity contribution in [2.24, 2.45) is 7.05 Å². The number of imide groups is 1. The number of rotatable bonds is 5. The average Bonchev–Trinajstić information content (AvgIpc) is 3.45. The number of ether oxygens (including phenoxy) is 2. The lowest BCUT2D eigenvalue weighted by atomic mass is 9.99. The number of carbonyl (C=O) groups excluding carboxylic acids is 2. The van der Waals surface area contributed by atoms with E-state index in [9.17, 15) is 45.6 Å². The van der Waals surface area contributed by atoms with Crippen molar-refractivity contribution < 1.29 is 54.2 Å². The van der Waals surface area contributed by atoms with Crippen LogP contribution >= 0.6 is 11.6 Å². The lowest BCUT2D eigenvalue weighted by Crippen LogP contribution is -2.51. The Morgan fingerprint density at radius 2 is 1.80 bits per heavy atom. The predicted molar refractivity (Wildman–Crippen MR) is 136 cm³/mol. The first kappa shape index (κ1) is 32.0. The summed E-state index contributed by atoms with van der Waals surface area (Å²) in [6, 6.07) is 5.51. The standard InChI is InChI=1S/C26H19ClF8N6O4/c1-11(2)44-22(43)40(23(10-36)6-7-23)21(42)13-8-12(4-5-15(13)27)14-9-37-41-16(14)19(28)45-17-18(38-39(3)20(17)41)24(29,25(30,31)32)26(33,34)35/h4-5,8-9,11,19H,6-7H2,1-3H3. The van der Waals surface area contributed by atoms with Gasteiger partial charge in [-0.2, -0.15) is 46.2 Å². The van der Waals surface area contributed by atoms with Crippen LogP contribution < -0.4 is 4.74 Å². The van der Waals surface area contributed by atoms with Crippen LogP contribution in [0.15, 0.2) is 24.4 Å². The van der Waals surface area contributed by atoms with Crippen LogP contribution in [0.2, 0.25) is 5.02 Å². The summed E-state index contributed by atoms with van der Waals surface area (Å²) < 4.78 is 122. The van der Waals surface area contributed by atoms with Crippen LogP contribution in [-0.2, 0) is 17.5 Å². The normalized spacial score (nSPS) is 17.2. The van der Waals surface area contributed by atoms with E-state index in [1.54, 1.807) is 0 Å². The molecule has 0 saturated heterocycles. The fourth-order valence-corrected chi connectivity index (χ4v) is 5.00. The van der Waals surface area contributed by atoms with Crippen LogP contribution in [0.3, 0.4) is 0 Å². The maximum absolute atomic E-state index is 15.5. The molecule has 1 unspecified atom stereocenters. The fraction of sp³-hybridized carbons (Fsp3) is 0.423. The number of alkyl halides is 8. The SMILES string of the molecule is CC(C)OC(=O)N(C(=O)c1cc(-c2cnn3c2C(F)Oc2c(C(F)(C(F)(F)F)C(F)(F)F)nn(C)c2-3)ccc1Cl)C1(C#N)CC1. The van der Waals surface area contributed by atoms with Gasteiger partial charge in [0.1, 0.15) is 11.2 Å². The van der Waals surface area contributed by atoms with E-state index in [1.807, 2.05) is 6.07 Å². The molecule has 1 aromatic carbocycles. The molecule has 2 aliphatic rings. The van der Waals surface area contributed by atoms with Crippen LogP contribution in [0.1, 0.15) is 54.8 Å². The second-order valence-electron chi connectivity index (χ2n) is 10.5. The summed E-state index contributed by atoms with van der Waals surface area (Å²) in [5.41, 5.74) is -10.9. The summed E-state index contributed by atoms with van der Waals surface area (Å²) in [5.74, 6) is -3.27. The van der Waals surface area contributed by atoms with Crippen molar-refractivity contribution in [1.29, 1.82) is 5.26 Å². The monoisotopic (exact) mass is 666 g/mol. The van der Waals surface area contributed by atoms with Crippen LogP contribution in [0.25, 0.3) is 16.9 Å². The number of hydrogen-bond donors (Lipinski definition) is 0. The summed E-state index contributed by atoms with van der Waals surface area (Å²) in [4.78, 5) is 27.1. The highest BCUT2D eigenvalue weighted by Crippen LogP contribution is 2.57. The third-order valence-electron chi connectivity index (χ3n) is 7.12. The smallest absolute Gasteiger partial charge is 0.437 e. The first-order valence-corrected chi connectivity index (χ1v) is 13.2. The quantitative estimate of drug-likeness (QED) is 0.281. The lowest BCUT2D eigenvalue weighted by molar-refractivity contribution is -0.350. The summed E-state index contributed by atoms with van der Waals surface area (Å²) in [5, 5.41) is 16.4. The minimum atomic E-state index is -6.55. The van der Waals surface area contributed by atoms with Crippen molar-refractivity contribution in [3.05, 3.63) is 46.4 Å². The Labute approximate surface area is 252 Å². The van der Waals surface area contributed by atoms with E-state index < -0.39 is 71.0 Å². The van der Waals surface area contributed by atoms with Crippen LogP contribution in [-0.4, -0.2) is 60.5 Å². The number of benzene rings is 1. The Balaban J connectivity index is 1.61. The molecular weight excluding hydrogens is 648 g/mol. The fourth-order valence-electron chi connectivity index (χ4n) is 4.81. The number of halogens is 9. The van der Waals surface area contributed by atoms with Gasteiger partial charge in [0.2, 0.25) is 0 Å². The first-order valence-electron chi connectivity index (χ1n) is 12.8. The Hall–Kier alpha value is -4.40. The van der Waals surface area contributed by atoms with Gasteiger partial charge in [-0.25, -0.2) is 23.4 Å². The van der Waals surface area contributed by atoms with Gasteiger partial charge in [-0.1, -0.05) is 17.7 Å². The molecule has 1 aliphatic heterocycles. The van der Waals surface area contributed by atoms with Gasteiger partial charge in [-0.15, -0.1) is 0 Å². The van der Waals surface area contributed by atoms with E-state index in [0.29, 0.717) is 14.3 Å². The summed E-state index contributed by atoms with van der Waals surface area (Å²) in [6.45, 7) is 3.05. The molecule has 1 saturated carbocycles. The number of aryl methyl sites for hydroxylation is 1. The zero-order valence-corrected chi connectivity index (χ0v) is 23.9. The molecule has 2 aromatic heterocycles. The Morgan fingerprint density at radius 1 is 1.18 bits per heavy atom. The molecule has 1 atom stereocenters. The number of nitrogens with zero attached hydrogens (tertiary/aromatic N) is 6. The zero-order valence-electron chi connectivity index (χ0n) is 23.1. The van der Waals surface area contributed by atoms with Gasteiger partial charge in [0, 0.05) is 12.6 Å². The van der Waals surface area contributed by atoms with Crippen molar-refractivity contribution in [2.75, 3.05) is 0 Å². The first-order chi connectivity index (χ1) is 20.8. The molecule has 0 bridgehead atoms. The Morgan fingerprint density at radius 3 is 2.33 bits per heavy atom. The van der Waals surface area contributed by atoms with E-state index in [1.165, 1.54) is 26.0 Å². The number of carbonyl (C=O) groups is 2. The summed E-state index contributed by atoms with van der Waals surface area (Å²) in [7, 11) is 0.870. The highest BCUT2D eigenvalue weighted by atomic mass is 35.5. The van der Waals surface area contributed by atoms with Gasteiger partial charge in [-0.3, -0.25) is 4.79 Å². The molecule has 10 nitrogen and oxygen atoms in total. The average molecular weight is 667 g/mol. The summed E-state index contributed by atoms with van der Waals surface area (Å²) >= 11 is 6.27. The highest BCUT2D eigenvalue weighted by Gasteiger charge is 2.76. The Bertz CT molecular complexity index is 1740. The van der Waals surface area contributed by atoms with Crippen molar-refractivity contribution in [3.8, 4) is 28.8 Å². The van der Waals surface area contributed by atoms with Gasteiger partial charge >= 0.3 is 24.1 Å². The number of hydrogen-bond acceptors (Lipinski definition) is 7. The summed E-state index contributed by atoms with van der Waals surface area (Å²) in [6.07, 6.45) is -16.4. The van der Waals surface area contributed by atoms with Crippen molar-refractivity contribution >= 4 is 23.6 Å². The topological polar surface area (TPSA) is 115 Å². The van der Waals surface area contributed by atoms with Crippen molar-refractivity contribution in [3.63, 3.8) is 0 Å². The number of fused-ring (bicyclic) bond motifs is 3. The number of amides is 2. The second kappa shape index (κ2) is 10.3. The third-order valence-corrected chi connectivity index (χ3v) is 7.44. The molecule has 240 valence electrons. The Kier molecular flexibility index (Phi) is 7.34. The molecule has 45 heavy (non-hydrogen) atoms. The van der Waals surface area contributed by atoms with Gasteiger partial charge in [0.25, 0.3) is 12.3 Å². The lowest BCUT2D eigenvalue weighted by Gasteiger charge is -2.30. The maximum atomic E-state index is 15.5. The maximum Gasteiger partial charge on any atom is 0.437 e. The van der Waals surface area contributed by atoms with Gasteiger partial charge in [0.05, 0.1) is 29.0 Å². The molecule has 19 heteroatoms. The molecule has 3 aromatic rings. The van der Waals surface area contributed by atoms with Crippen molar-refractivity contribution in [2.45, 2.75) is 62.7 Å². The molecule has 1 aliphatic carbocycles. The second-order valence-corrected chi connectivity index (χ2v) is 10.9. The number of nitriles is 1.